The molecule has 1 N–H and O–H groups in total. The molecule has 0 spiro atoms. The summed E-state index contributed by atoms with van der Waals surface area (Å²) in [6.07, 6.45) is 0. The Labute approximate surface area is 92.6 Å². The van der Waals surface area contributed by atoms with E-state index in [1.54, 1.807) is 6.07 Å². The SMILES string of the molecule is COc1cc(C(C)=O)ccc1OCC(=O)O. The molecule has 1 aromatic carbocycles. The zero-order valence-electron chi connectivity index (χ0n) is 9.02. The van der Waals surface area contributed by atoms with Crippen LogP contribution in [-0.4, -0.2) is 30.6 Å². The van der Waals surface area contributed by atoms with E-state index in [4.69, 9.17) is 14.6 Å². The zero-order chi connectivity index (χ0) is 12.1. The van der Waals surface area contributed by atoms with Gasteiger partial charge in [-0.15, -0.1) is 0 Å². The number of ketones is 1. The van der Waals surface area contributed by atoms with Crippen LogP contribution >= 0.6 is 0 Å². The van der Waals surface area contributed by atoms with Gasteiger partial charge in [-0.3, -0.25) is 4.79 Å². The van der Waals surface area contributed by atoms with Gasteiger partial charge in [0.15, 0.2) is 23.9 Å². The summed E-state index contributed by atoms with van der Waals surface area (Å²) in [5.41, 5.74) is 0.486. The number of rotatable bonds is 5. The molecular formula is C11H12O5. The van der Waals surface area contributed by atoms with Gasteiger partial charge in [-0.2, -0.15) is 0 Å². The molecule has 5 nitrogen and oxygen atoms in total. The predicted molar refractivity (Wildman–Crippen MR) is 56.1 cm³/mol. The molecule has 0 heterocycles. The minimum Gasteiger partial charge on any atom is -0.493 e. The normalized spacial score (nSPS) is 9.62. The molecule has 5 heteroatoms. The number of carboxylic acids is 1. The molecule has 0 unspecified atom stereocenters. The van der Waals surface area contributed by atoms with Crippen molar-refractivity contribution in [3.8, 4) is 11.5 Å². The highest BCUT2D eigenvalue weighted by Gasteiger charge is 2.09. The van der Waals surface area contributed by atoms with Crippen LogP contribution in [0, 0.1) is 0 Å². The van der Waals surface area contributed by atoms with E-state index < -0.39 is 12.6 Å². The van der Waals surface area contributed by atoms with Crippen molar-refractivity contribution in [2.45, 2.75) is 6.92 Å². The molecule has 0 aliphatic carbocycles. The van der Waals surface area contributed by atoms with Gasteiger partial charge >= 0.3 is 5.97 Å². The van der Waals surface area contributed by atoms with Crippen molar-refractivity contribution in [3.05, 3.63) is 23.8 Å². The summed E-state index contributed by atoms with van der Waals surface area (Å²) in [6.45, 7) is 0.988. The lowest BCUT2D eigenvalue weighted by Gasteiger charge is -2.09. The molecule has 0 aliphatic rings. The molecule has 0 atom stereocenters. The number of hydrogen-bond donors (Lipinski definition) is 1. The summed E-state index contributed by atoms with van der Waals surface area (Å²) in [5, 5.41) is 8.46. The van der Waals surface area contributed by atoms with Crippen molar-refractivity contribution in [2.24, 2.45) is 0 Å². The third-order valence-corrected chi connectivity index (χ3v) is 1.92. The Morgan fingerprint density at radius 1 is 1.31 bits per heavy atom. The number of aliphatic carboxylic acids is 1. The van der Waals surface area contributed by atoms with Gasteiger partial charge in [0.05, 0.1) is 7.11 Å². The number of methoxy groups -OCH3 is 1. The van der Waals surface area contributed by atoms with Crippen molar-refractivity contribution < 1.29 is 24.2 Å². The Kier molecular flexibility index (Phi) is 3.88. The highest BCUT2D eigenvalue weighted by atomic mass is 16.5. The Hall–Kier alpha value is -2.04. The number of hydrogen-bond acceptors (Lipinski definition) is 4. The second-order valence-electron chi connectivity index (χ2n) is 3.10. The van der Waals surface area contributed by atoms with Crippen LogP contribution in [0.5, 0.6) is 11.5 Å². The maximum absolute atomic E-state index is 11.1. The Morgan fingerprint density at radius 2 is 2.00 bits per heavy atom. The summed E-state index contributed by atoms with van der Waals surface area (Å²) in [7, 11) is 1.42. The number of carboxylic acid groups (broad SMARTS) is 1. The monoisotopic (exact) mass is 224 g/mol. The quantitative estimate of drug-likeness (QED) is 0.764. The smallest absolute Gasteiger partial charge is 0.341 e. The first kappa shape index (κ1) is 12.0. The second kappa shape index (κ2) is 5.16. The lowest BCUT2D eigenvalue weighted by atomic mass is 10.1. The maximum Gasteiger partial charge on any atom is 0.341 e. The van der Waals surface area contributed by atoms with E-state index in [1.165, 1.54) is 26.2 Å². The van der Waals surface area contributed by atoms with Crippen LogP contribution in [0.3, 0.4) is 0 Å². The number of benzene rings is 1. The van der Waals surface area contributed by atoms with Crippen molar-refractivity contribution in [1.82, 2.24) is 0 Å². The third-order valence-electron chi connectivity index (χ3n) is 1.92. The van der Waals surface area contributed by atoms with Gasteiger partial charge in [-0.25, -0.2) is 4.79 Å². The fourth-order valence-electron chi connectivity index (χ4n) is 1.15. The molecule has 0 saturated heterocycles. The first-order chi connectivity index (χ1) is 7.54. The number of Topliss-reactive ketones (excluding diaryl/α,β-unsaturated/α-hetero) is 1. The van der Waals surface area contributed by atoms with E-state index in [0.717, 1.165) is 0 Å². The lowest BCUT2D eigenvalue weighted by Crippen LogP contribution is -2.10. The molecule has 0 saturated carbocycles. The molecule has 1 aromatic rings. The van der Waals surface area contributed by atoms with Gasteiger partial charge < -0.3 is 14.6 Å². The molecule has 0 aromatic heterocycles. The van der Waals surface area contributed by atoms with Gasteiger partial charge in [0, 0.05) is 5.56 Å². The largest absolute Gasteiger partial charge is 0.493 e. The average molecular weight is 224 g/mol. The fourth-order valence-corrected chi connectivity index (χ4v) is 1.15. The van der Waals surface area contributed by atoms with Crippen molar-refractivity contribution in [2.75, 3.05) is 13.7 Å². The molecule has 0 amide bonds. The topological polar surface area (TPSA) is 72.8 Å². The minimum atomic E-state index is -1.07. The number of carbonyl (C=O) groups is 2. The molecule has 16 heavy (non-hydrogen) atoms. The summed E-state index contributed by atoms with van der Waals surface area (Å²) in [5.74, 6) is -0.523. The van der Waals surface area contributed by atoms with Crippen LogP contribution in [0.2, 0.25) is 0 Å². The van der Waals surface area contributed by atoms with Crippen LogP contribution in [0.25, 0.3) is 0 Å². The summed E-state index contributed by atoms with van der Waals surface area (Å²) >= 11 is 0. The van der Waals surface area contributed by atoms with Gasteiger partial charge in [0.2, 0.25) is 0 Å². The Bertz CT molecular complexity index is 411. The van der Waals surface area contributed by atoms with Crippen LogP contribution in [-0.2, 0) is 4.79 Å². The van der Waals surface area contributed by atoms with Gasteiger partial charge in [-0.1, -0.05) is 0 Å². The maximum atomic E-state index is 11.1. The minimum absolute atomic E-state index is 0.0944. The first-order valence-electron chi connectivity index (χ1n) is 4.58. The van der Waals surface area contributed by atoms with Crippen LogP contribution in [0.15, 0.2) is 18.2 Å². The Morgan fingerprint density at radius 3 is 2.50 bits per heavy atom. The third kappa shape index (κ3) is 2.98. The van der Waals surface area contributed by atoms with Gasteiger partial charge in [0.25, 0.3) is 0 Å². The second-order valence-corrected chi connectivity index (χ2v) is 3.10. The van der Waals surface area contributed by atoms with Crippen LogP contribution < -0.4 is 9.47 Å². The fraction of sp³-hybridized carbons (Fsp3) is 0.273. The molecule has 0 radical (unpaired) electrons. The van der Waals surface area contributed by atoms with E-state index in [1.807, 2.05) is 0 Å². The molecule has 1 rings (SSSR count). The van der Waals surface area contributed by atoms with Crippen LogP contribution in [0.4, 0.5) is 0 Å². The standard InChI is InChI=1S/C11H12O5/c1-7(12)8-3-4-9(10(5-8)15-2)16-6-11(13)14/h3-5H,6H2,1-2H3,(H,13,14). The van der Waals surface area contributed by atoms with Crippen molar-refractivity contribution >= 4 is 11.8 Å². The molecule has 0 aliphatic heterocycles. The van der Waals surface area contributed by atoms with Crippen LogP contribution in [0.1, 0.15) is 17.3 Å². The molecule has 0 fully saturated rings. The number of carbonyl (C=O) groups excluding carboxylic acids is 1. The molecular weight excluding hydrogens is 212 g/mol. The van der Waals surface area contributed by atoms with E-state index >= 15 is 0 Å². The van der Waals surface area contributed by atoms with Gasteiger partial charge in [0.1, 0.15) is 0 Å². The lowest BCUT2D eigenvalue weighted by molar-refractivity contribution is -0.139. The first-order valence-corrected chi connectivity index (χ1v) is 4.58. The van der Waals surface area contributed by atoms with E-state index in [-0.39, 0.29) is 5.78 Å². The molecule has 86 valence electrons. The Balaban J connectivity index is 2.93. The highest BCUT2D eigenvalue weighted by molar-refractivity contribution is 5.94. The predicted octanol–water partition coefficient (Wildman–Crippen LogP) is 1.36. The van der Waals surface area contributed by atoms with Crippen molar-refractivity contribution in [1.29, 1.82) is 0 Å². The van der Waals surface area contributed by atoms with E-state index in [2.05, 4.69) is 0 Å². The highest BCUT2D eigenvalue weighted by Crippen LogP contribution is 2.28. The molecule has 0 bridgehead atoms. The summed E-state index contributed by atoms with van der Waals surface area (Å²) in [4.78, 5) is 21.4. The van der Waals surface area contributed by atoms with E-state index in [9.17, 15) is 9.59 Å². The van der Waals surface area contributed by atoms with Crippen molar-refractivity contribution in [3.63, 3.8) is 0 Å². The summed E-state index contributed by atoms with van der Waals surface area (Å²) < 4.78 is 9.99. The van der Waals surface area contributed by atoms with E-state index in [0.29, 0.717) is 17.1 Å². The summed E-state index contributed by atoms with van der Waals surface area (Å²) in [6, 6.07) is 4.58. The van der Waals surface area contributed by atoms with Gasteiger partial charge in [-0.05, 0) is 25.1 Å². The zero-order valence-corrected chi connectivity index (χ0v) is 9.02. The number of ether oxygens (including phenoxy) is 2. The average Bonchev–Trinajstić information content (AvgIpc) is 2.25.